The maximum atomic E-state index is 12.5. The van der Waals surface area contributed by atoms with Crippen molar-refractivity contribution in [3.63, 3.8) is 0 Å². The second-order valence-corrected chi connectivity index (χ2v) is 9.21. The van der Waals surface area contributed by atoms with Crippen molar-refractivity contribution in [3.05, 3.63) is 54.6 Å². The maximum absolute atomic E-state index is 12.5. The Bertz CT molecular complexity index is 1110. The van der Waals surface area contributed by atoms with Crippen LogP contribution in [0.1, 0.15) is 12.6 Å². The van der Waals surface area contributed by atoms with Crippen molar-refractivity contribution in [1.82, 2.24) is 19.5 Å². The van der Waals surface area contributed by atoms with E-state index in [-0.39, 0.29) is 22.0 Å². The van der Waals surface area contributed by atoms with Gasteiger partial charge in [-0.15, -0.1) is 0 Å². The van der Waals surface area contributed by atoms with Crippen LogP contribution >= 0.6 is 11.8 Å². The number of carbonyl (C=O) groups is 1. The van der Waals surface area contributed by atoms with E-state index in [0.29, 0.717) is 11.4 Å². The van der Waals surface area contributed by atoms with Crippen LogP contribution in [0.15, 0.2) is 59.0 Å². The highest BCUT2D eigenvalue weighted by atomic mass is 32.2. The first-order valence-electron chi connectivity index (χ1n) is 8.62. The summed E-state index contributed by atoms with van der Waals surface area (Å²) in [5.74, 6) is -0.206. The summed E-state index contributed by atoms with van der Waals surface area (Å²) in [6.07, 6.45) is 4.95. The molecule has 0 spiro atoms. The number of carbonyl (C=O) groups excluding carboxylic acids is 1. The SMILES string of the molecule is Cc1ccnc(NS(=O)(=O)c2ccc(NC(=O)C(C)Sc3nccn3C)cc2)n1. The standard InChI is InChI=1S/C18H20N6O3S2/c1-12-8-9-19-17(21-12)23-29(26,27)15-6-4-14(5-7-15)22-16(25)13(2)28-18-20-10-11-24(18)3/h4-11,13H,1-3H3,(H,22,25)(H,19,21,23). The fourth-order valence-corrected chi connectivity index (χ4v) is 4.10. The predicted molar refractivity (Wildman–Crippen MR) is 111 cm³/mol. The van der Waals surface area contributed by atoms with Gasteiger partial charge in [0.15, 0.2) is 5.16 Å². The molecule has 0 saturated carbocycles. The summed E-state index contributed by atoms with van der Waals surface area (Å²) in [4.78, 5) is 24.5. The number of sulfonamides is 1. The van der Waals surface area contributed by atoms with E-state index in [4.69, 9.17) is 0 Å². The van der Waals surface area contributed by atoms with Crippen LogP contribution in [-0.4, -0.2) is 39.1 Å². The molecule has 152 valence electrons. The van der Waals surface area contributed by atoms with Crippen molar-refractivity contribution in [2.45, 2.75) is 29.1 Å². The maximum Gasteiger partial charge on any atom is 0.264 e. The third-order valence-electron chi connectivity index (χ3n) is 3.88. The van der Waals surface area contributed by atoms with Gasteiger partial charge < -0.3 is 9.88 Å². The lowest BCUT2D eigenvalue weighted by Gasteiger charge is -2.12. The second kappa shape index (κ2) is 8.62. The van der Waals surface area contributed by atoms with Gasteiger partial charge in [-0.2, -0.15) is 0 Å². The smallest absolute Gasteiger partial charge is 0.264 e. The van der Waals surface area contributed by atoms with Crippen molar-refractivity contribution >= 4 is 39.3 Å². The van der Waals surface area contributed by atoms with Crippen molar-refractivity contribution in [1.29, 1.82) is 0 Å². The van der Waals surface area contributed by atoms with Gasteiger partial charge in [0, 0.05) is 37.0 Å². The van der Waals surface area contributed by atoms with E-state index in [9.17, 15) is 13.2 Å². The first kappa shape index (κ1) is 20.8. The van der Waals surface area contributed by atoms with Gasteiger partial charge in [-0.1, -0.05) is 11.8 Å². The highest BCUT2D eigenvalue weighted by Gasteiger charge is 2.18. The molecule has 2 aromatic heterocycles. The lowest BCUT2D eigenvalue weighted by molar-refractivity contribution is -0.115. The molecule has 11 heteroatoms. The largest absolute Gasteiger partial charge is 0.329 e. The van der Waals surface area contributed by atoms with Crippen LogP contribution < -0.4 is 10.0 Å². The average Bonchev–Trinajstić information content (AvgIpc) is 3.06. The minimum absolute atomic E-state index is 0.00233. The predicted octanol–water partition coefficient (Wildman–Crippen LogP) is 2.44. The second-order valence-electron chi connectivity index (χ2n) is 6.22. The third-order valence-corrected chi connectivity index (χ3v) is 6.40. The molecule has 0 fully saturated rings. The monoisotopic (exact) mass is 432 g/mol. The fraction of sp³-hybridized carbons (Fsp3) is 0.222. The molecule has 0 aliphatic heterocycles. The molecule has 3 aromatic rings. The van der Waals surface area contributed by atoms with Crippen LogP contribution in [0.2, 0.25) is 0 Å². The zero-order valence-corrected chi connectivity index (χ0v) is 17.7. The number of nitrogens with zero attached hydrogens (tertiary/aromatic N) is 4. The van der Waals surface area contributed by atoms with Gasteiger partial charge >= 0.3 is 0 Å². The first-order valence-corrected chi connectivity index (χ1v) is 11.0. The van der Waals surface area contributed by atoms with Crippen LogP contribution in [0.3, 0.4) is 0 Å². The van der Waals surface area contributed by atoms with Gasteiger partial charge in [-0.05, 0) is 44.2 Å². The molecule has 1 aromatic carbocycles. The zero-order chi connectivity index (χ0) is 21.0. The molecule has 9 nitrogen and oxygen atoms in total. The average molecular weight is 433 g/mol. The van der Waals surface area contributed by atoms with Crippen LogP contribution in [0, 0.1) is 6.92 Å². The highest BCUT2D eigenvalue weighted by Crippen LogP contribution is 2.22. The molecule has 1 unspecified atom stereocenters. The number of aryl methyl sites for hydroxylation is 2. The summed E-state index contributed by atoms with van der Waals surface area (Å²) in [5.41, 5.74) is 1.14. The summed E-state index contributed by atoms with van der Waals surface area (Å²) in [7, 11) is -1.98. The number of nitrogens with one attached hydrogen (secondary N) is 2. The number of benzene rings is 1. The number of amides is 1. The van der Waals surface area contributed by atoms with Crippen LogP contribution in [0.4, 0.5) is 11.6 Å². The van der Waals surface area contributed by atoms with Crippen molar-refractivity contribution in [2.75, 3.05) is 10.0 Å². The summed E-state index contributed by atoms with van der Waals surface area (Å²) < 4.78 is 29.1. The molecule has 0 bridgehead atoms. The molecule has 2 heterocycles. The molecule has 0 radical (unpaired) electrons. The third kappa shape index (κ3) is 5.33. The molecule has 3 rings (SSSR count). The van der Waals surface area contributed by atoms with E-state index in [1.54, 1.807) is 26.1 Å². The minimum Gasteiger partial charge on any atom is -0.329 e. The van der Waals surface area contributed by atoms with Gasteiger partial charge in [-0.3, -0.25) is 4.79 Å². The Hall–Kier alpha value is -2.92. The molecule has 0 saturated heterocycles. The topological polar surface area (TPSA) is 119 Å². The van der Waals surface area contributed by atoms with Gasteiger partial charge in [0.1, 0.15) is 0 Å². The lowest BCUT2D eigenvalue weighted by Crippen LogP contribution is -2.23. The van der Waals surface area contributed by atoms with E-state index >= 15 is 0 Å². The zero-order valence-electron chi connectivity index (χ0n) is 16.0. The van der Waals surface area contributed by atoms with Gasteiger partial charge in [0.25, 0.3) is 10.0 Å². The van der Waals surface area contributed by atoms with Gasteiger partial charge in [-0.25, -0.2) is 28.1 Å². The molecular formula is C18H20N6O3S2. The highest BCUT2D eigenvalue weighted by molar-refractivity contribution is 8.00. The van der Waals surface area contributed by atoms with E-state index in [1.807, 2.05) is 17.8 Å². The number of thioether (sulfide) groups is 1. The number of rotatable bonds is 7. The summed E-state index contributed by atoms with van der Waals surface area (Å²) in [5, 5.41) is 3.13. The Morgan fingerprint density at radius 2 is 1.86 bits per heavy atom. The molecule has 1 atom stereocenters. The Balaban J connectivity index is 1.64. The van der Waals surface area contributed by atoms with E-state index in [0.717, 1.165) is 5.16 Å². The summed E-state index contributed by atoms with van der Waals surface area (Å²) in [6.45, 7) is 3.52. The number of aromatic nitrogens is 4. The Kier molecular flexibility index (Phi) is 6.18. The molecule has 0 aliphatic carbocycles. The number of anilines is 2. The normalized spacial score (nSPS) is 12.4. The lowest BCUT2D eigenvalue weighted by atomic mass is 10.3. The fourth-order valence-electron chi connectivity index (χ4n) is 2.32. The molecule has 1 amide bonds. The first-order chi connectivity index (χ1) is 13.7. The summed E-state index contributed by atoms with van der Waals surface area (Å²) in [6, 6.07) is 7.54. The molecular weight excluding hydrogens is 412 g/mol. The number of hydrogen-bond donors (Lipinski definition) is 2. The van der Waals surface area contributed by atoms with E-state index < -0.39 is 10.0 Å². The molecule has 29 heavy (non-hydrogen) atoms. The minimum atomic E-state index is -3.83. The van der Waals surface area contributed by atoms with Crippen molar-refractivity contribution in [3.8, 4) is 0 Å². The Labute approximate surface area is 173 Å². The van der Waals surface area contributed by atoms with Crippen LogP contribution in [-0.2, 0) is 21.9 Å². The Morgan fingerprint density at radius 3 is 2.48 bits per heavy atom. The number of hydrogen-bond acceptors (Lipinski definition) is 7. The van der Waals surface area contributed by atoms with Crippen LogP contribution in [0.5, 0.6) is 0 Å². The van der Waals surface area contributed by atoms with Gasteiger partial charge in [0.2, 0.25) is 11.9 Å². The Morgan fingerprint density at radius 1 is 1.14 bits per heavy atom. The molecule has 0 aliphatic rings. The van der Waals surface area contributed by atoms with Crippen molar-refractivity contribution < 1.29 is 13.2 Å². The summed E-state index contributed by atoms with van der Waals surface area (Å²) >= 11 is 1.33. The van der Waals surface area contributed by atoms with E-state index in [1.165, 1.54) is 42.2 Å². The van der Waals surface area contributed by atoms with Crippen LogP contribution in [0.25, 0.3) is 0 Å². The van der Waals surface area contributed by atoms with Crippen molar-refractivity contribution in [2.24, 2.45) is 7.05 Å². The molecule has 2 N–H and O–H groups in total. The quantitative estimate of drug-likeness (QED) is 0.550. The number of imidazole rings is 1. The van der Waals surface area contributed by atoms with E-state index in [2.05, 4.69) is 25.0 Å². The van der Waals surface area contributed by atoms with Gasteiger partial charge in [0.05, 0.1) is 10.1 Å².